The molecule has 2 saturated heterocycles. The zero-order valence-electron chi connectivity index (χ0n) is 8.81. The first-order valence-electron chi connectivity index (χ1n) is 5.10. The summed E-state index contributed by atoms with van der Waals surface area (Å²) in [5.74, 6) is 1.47. The zero-order valence-corrected chi connectivity index (χ0v) is 9.63. The van der Waals surface area contributed by atoms with E-state index in [0.29, 0.717) is 12.0 Å². The number of oxime groups is 1. The Balaban J connectivity index is 0.000000980. The van der Waals surface area contributed by atoms with Gasteiger partial charge < -0.3 is 10.1 Å². The fourth-order valence-electron chi connectivity index (χ4n) is 2.98. The Labute approximate surface area is 91.6 Å². The molecule has 3 nitrogen and oxygen atoms in total. The van der Waals surface area contributed by atoms with Gasteiger partial charge in [-0.05, 0) is 31.7 Å². The van der Waals surface area contributed by atoms with Crippen molar-refractivity contribution in [3.63, 3.8) is 0 Å². The molecule has 3 atom stereocenters. The fraction of sp³-hybridized carbons (Fsp3) is 0.900. The summed E-state index contributed by atoms with van der Waals surface area (Å²) < 4.78 is 0. The van der Waals surface area contributed by atoms with Crippen LogP contribution in [0.3, 0.4) is 0 Å². The normalized spacial score (nSPS) is 40.7. The van der Waals surface area contributed by atoms with Gasteiger partial charge in [0.2, 0.25) is 0 Å². The maximum Gasteiger partial charge on any atom is 0.0589 e. The molecule has 1 aliphatic carbocycles. The van der Waals surface area contributed by atoms with E-state index in [4.69, 9.17) is 5.21 Å². The van der Waals surface area contributed by atoms with E-state index in [1.165, 1.54) is 13.0 Å². The fourth-order valence-corrected chi connectivity index (χ4v) is 2.98. The average molecular weight is 219 g/mol. The minimum atomic E-state index is 0. The Morgan fingerprint density at radius 3 is 2.71 bits per heavy atom. The molecule has 3 aliphatic rings. The summed E-state index contributed by atoms with van der Waals surface area (Å²) in [6.07, 6.45) is 3.26. The summed E-state index contributed by atoms with van der Waals surface area (Å²) in [6.45, 7) is 3.49. The minimum absolute atomic E-state index is 0. The van der Waals surface area contributed by atoms with E-state index >= 15 is 0 Å². The monoisotopic (exact) mass is 218 g/mol. The number of hydrogen-bond donors (Lipinski definition) is 1. The third-order valence-corrected chi connectivity index (χ3v) is 3.58. The number of fused-ring (bicyclic) bond motifs is 4. The second-order valence-electron chi connectivity index (χ2n) is 4.66. The van der Waals surface area contributed by atoms with Crippen molar-refractivity contribution in [3.8, 4) is 0 Å². The Bertz CT molecular complexity index is 220. The van der Waals surface area contributed by atoms with Crippen molar-refractivity contribution in [3.05, 3.63) is 0 Å². The van der Waals surface area contributed by atoms with Gasteiger partial charge in [0.25, 0.3) is 0 Å². The number of piperidine rings is 1. The van der Waals surface area contributed by atoms with E-state index < -0.39 is 0 Å². The van der Waals surface area contributed by atoms with Crippen molar-refractivity contribution >= 4 is 18.1 Å². The molecule has 1 N–H and O–H groups in total. The molecule has 3 rings (SSSR count). The standard InChI is InChI=1S/C10H18N2O.ClH/c1-7-3-8-4-9(11-13)5-10(7)12(2)6-8;/h7-8,10,13H,3-6H2,1-2H3;1H/b11-9-;. The Kier molecular flexibility index (Phi) is 3.78. The van der Waals surface area contributed by atoms with Crippen LogP contribution in [0.4, 0.5) is 0 Å². The van der Waals surface area contributed by atoms with Gasteiger partial charge in [-0.2, -0.15) is 0 Å². The molecule has 14 heavy (non-hydrogen) atoms. The average Bonchev–Trinajstić information content (AvgIpc) is 2.32. The zero-order chi connectivity index (χ0) is 9.42. The van der Waals surface area contributed by atoms with Crippen molar-refractivity contribution in [1.29, 1.82) is 0 Å². The van der Waals surface area contributed by atoms with Crippen molar-refractivity contribution in [2.75, 3.05) is 13.6 Å². The van der Waals surface area contributed by atoms with E-state index in [1.807, 2.05) is 0 Å². The molecule has 2 bridgehead atoms. The van der Waals surface area contributed by atoms with Crippen LogP contribution < -0.4 is 0 Å². The topological polar surface area (TPSA) is 35.8 Å². The first-order valence-corrected chi connectivity index (χ1v) is 5.10. The van der Waals surface area contributed by atoms with Crippen LogP contribution in [0, 0.1) is 11.8 Å². The Morgan fingerprint density at radius 1 is 1.43 bits per heavy atom. The quantitative estimate of drug-likeness (QED) is 0.499. The third kappa shape index (κ3) is 2.04. The maximum absolute atomic E-state index is 8.82. The van der Waals surface area contributed by atoms with E-state index in [9.17, 15) is 0 Å². The van der Waals surface area contributed by atoms with Crippen LogP contribution in [0.25, 0.3) is 0 Å². The summed E-state index contributed by atoms with van der Waals surface area (Å²) in [5.41, 5.74) is 1.00. The second-order valence-corrected chi connectivity index (χ2v) is 4.66. The SMILES string of the molecule is CC1CC2C/C(=N/O)CC1N(C)C2.Cl. The van der Waals surface area contributed by atoms with Gasteiger partial charge in [0.1, 0.15) is 0 Å². The van der Waals surface area contributed by atoms with Gasteiger partial charge in [-0.15, -0.1) is 12.4 Å². The highest BCUT2D eigenvalue weighted by Crippen LogP contribution is 2.34. The first kappa shape index (κ1) is 11.8. The first-order chi connectivity index (χ1) is 6.20. The van der Waals surface area contributed by atoms with Gasteiger partial charge >= 0.3 is 0 Å². The van der Waals surface area contributed by atoms with Gasteiger partial charge in [0.15, 0.2) is 0 Å². The number of rotatable bonds is 0. The third-order valence-electron chi connectivity index (χ3n) is 3.58. The van der Waals surface area contributed by atoms with E-state index in [-0.39, 0.29) is 12.4 Å². The Hall–Kier alpha value is -0.280. The summed E-state index contributed by atoms with van der Waals surface area (Å²) in [7, 11) is 2.19. The minimum Gasteiger partial charge on any atom is -0.411 e. The highest BCUT2D eigenvalue weighted by atomic mass is 35.5. The largest absolute Gasteiger partial charge is 0.411 e. The van der Waals surface area contributed by atoms with Gasteiger partial charge in [-0.1, -0.05) is 12.1 Å². The highest BCUT2D eigenvalue weighted by molar-refractivity contribution is 5.85. The molecule has 0 amide bonds. The number of halogens is 1. The van der Waals surface area contributed by atoms with Gasteiger partial charge in [0.05, 0.1) is 5.71 Å². The van der Waals surface area contributed by atoms with Crippen LogP contribution in [0.5, 0.6) is 0 Å². The molecular formula is C10H19ClN2O. The highest BCUT2D eigenvalue weighted by Gasteiger charge is 2.36. The van der Waals surface area contributed by atoms with E-state index in [1.54, 1.807) is 0 Å². The molecule has 1 saturated carbocycles. The van der Waals surface area contributed by atoms with Crippen LogP contribution in [0.2, 0.25) is 0 Å². The Morgan fingerprint density at radius 2 is 2.14 bits per heavy atom. The molecule has 4 heteroatoms. The van der Waals surface area contributed by atoms with Crippen molar-refractivity contribution < 1.29 is 5.21 Å². The lowest BCUT2D eigenvalue weighted by atomic mass is 9.86. The summed E-state index contributed by atoms with van der Waals surface area (Å²) in [6, 6.07) is 0.602. The predicted molar refractivity (Wildman–Crippen MR) is 59.4 cm³/mol. The molecule has 0 aromatic rings. The molecule has 0 radical (unpaired) electrons. The lowest BCUT2D eigenvalue weighted by molar-refractivity contribution is 0.106. The molecule has 0 aromatic heterocycles. The molecule has 0 spiro atoms. The second kappa shape index (κ2) is 4.49. The van der Waals surface area contributed by atoms with E-state index in [2.05, 4.69) is 24.0 Å². The van der Waals surface area contributed by atoms with Crippen molar-refractivity contribution in [2.24, 2.45) is 17.0 Å². The van der Waals surface area contributed by atoms with Crippen LogP contribution in [0.1, 0.15) is 26.2 Å². The van der Waals surface area contributed by atoms with Crippen LogP contribution in [-0.4, -0.2) is 35.5 Å². The van der Waals surface area contributed by atoms with Gasteiger partial charge in [-0.25, -0.2) is 0 Å². The molecule has 3 unspecified atom stereocenters. The summed E-state index contributed by atoms with van der Waals surface area (Å²) >= 11 is 0. The van der Waals surface area contributed by atoms with E-state index in [0.717, 1.165) is 24.5 Å². The molecular weight excluding hydrogens is 200 g/mol. The van der Waals surface area contributed by atoms with Crippen molar-refractivity contribution in [1.82, 2.24) is 4.90 Å². The number of hydrogen-bond acceptors (Lipinski definition) is 3. The lowest BCUT2D eigenvalue weighted by Crippen LogP contribution is -2.43. The molecule has 3 fully saturated rings. The van der Waals surface area contributed by atoms with Crippen LogP contribution in [-0.2, 0) is 0 Å². The van der Waals surface area contributed by atoms with Crippen LogP contribution >= 0.6 is 12.4 Å². The molecule has 2 heterocycles. The number of nitrogens with zero attached hydrogens (tertiary/aromatic N) is 2. The van der Waals surface area contributed by atoms with Gasteiger partial charge in [-0.3, -0.25) is 0 Å². The van der Waals surface area contributed by atoms with Crippen molar-refractivity contribution in [2.45, 2.75) is 32.2 Å². The smallest absolute Gasteiger partial charge is 0.0589 e. The molecule has 0 aromatic carbocycles. The maximum atomic E-state index is 8.82. The molecule has 2 aliphatic heterocycles. The lowest BCUT2D eigenvalue weighted by Gasteiger charge is -2.38. The van der Waals surface area contributed by atoms with Gasteiger partial charge in [0, 0.05) is 19.0 Å². The molecule has 82 valence electrons. The summed E-state index contributed by atoms with van der Waals surface area (Å²) in [5, 5.41) is 12.2. The van der Waals surface area contributed by atoms with Crippen LogP contribution in [0.15, 0.2) is 5.16 Å². The summed E-state index contributed by atoms with van der Waals surface area (Å²) in [4.78, 5) is 2.43. The predicted octanol–water partition coefficient (Wildman–Crippen LogP) is 1.99.